The highest BCUT2D eigenvalue weighted by Gasteiger charge is 2.35. The minimum Gasteiger partial charge on any atom is -0.493 e. The summed E-state index contributed by atoms with van der Waals surface area (Å²) in [4.78, 5) is 17.0. The molecule has 1 unspecified atom stereocenters. The monoisotopic (exact) mass is 581 g/mol. The summed E-state index contributed by atoms with van der Waals surface area (Å²) in [5.41, 5.74) is 1.54. The van der Waals surface area contributed by atoms with Crippen molar-refractivity contribution in [2.75, 3.05) is 26.8 Å². The fourth-order valence-corrected chi connectivity index (χ4v) is 4.58. The molecule has 0 radical (unpaired) electrons. The Hall–Kier alpha value is -4.39. The van der Waals surface area contributed by atoms with Crippen molar-refractivity contribution in [3.63, 3.8) is 0 Å². The summed E-state index contributed by atoms with van der Waals surface area (Å²) < 4.78 is 41.3. The molecule has 1 aromatic heterocycles. The van der Waals surface area contributed by atoms with Gasteiger partial charge in [0.2, 0.25) is 5.91 Å². The number of hydrogen-bond acceptors (Lipinski definition) is 8. The van der Waals surface area contributed by atoms with Crippen molar-refractivity contribution in [2.24, 2.45) is 0 Å². The summed E-state index contributed by atoms with van der Waals surface area (Å²) in [5.74, 6) is -0.708. The van der Waals surface area contributed by atoms with Gasteiger partial charge < -0.3 is 14.6 Å². The van der Waals surface area contributed by atoms with E-state index >= 15 is 0 Å². The first-order chi connectivity index (χ1) is 20.2. The second-order valence-corrected chi connectivity index (χ2v) is 9.97. The van der Waals surface area contributed by atoms with Crippen molar-refractivity contribution >= 4 is 5.91 Å². The van der Waals surface area contributed by atoms with Gasteiger partial charge in [-0.15, -0.1) is 0 Å². The van der Waals surface area contributed by atoms with Crippen LogP contribution < -0.4 is 15.0 Å². The molecule has 1 amide bonds. The van der Waals surface area contributed by atoms with Crippen molar-refractivity contribution in [1.82, 2.24) is 25.1 Å². The summed E-state index contributed by atoms with van der Waals surface area (Å²) in [7, 11) is 1.80. The SMILES string of the molecule is CN(Cc1cccc(OCCCOc2ccc(CC(=O)NO)cc2)c1)CC(O)(Cn1cncn1)c1ccc(F)cc1F. The highest BCUT2D eigenvalue weighted by Crippen LogP contribution is 2.28. The number of rotatable bonds is 15. The Labute approximate surface area is 242 Å². The van der Waals surface area contributed by atoms with Gasteiger partial charge in [0, 0.05) is 31.1 Å². The molecule has 12 heteroatoms. The number of nitrogens with one attached hydrogen (secondary N) is 1. The standard InChI is InChI=1S/C30H33F2N5O5/c1-36(18-30(39,19-37-21-33-20-34-37)27-11-8-24(31)16-28(27)32)17-23-4-2-5-26(14-23)42-13-3-12-41-25-9-6-22(7-10-25)15-29(38)35-40/h2,4-11,14,16,20-21,39-40H,3,12-13,15,17-19H2,1H3,(H,35,38). The molecule has 10 nitrogen and oxygen atoms in total. The number of carbonyl (C=O) groups excluding carboxylic acids is 1. The lowest BCUT2D eigenvalue weighted by Gasteiger charge is -2.33. The Bertz CT molecular complexity index is 1440. The molecule has 0 aliphatic heterocycles. The zero-order valence-electron chi connectivity index (χ0n) is 23.1. The van der Waals surface area contributed by atoms with E-state index in [2.05, 4.69) is 10.1 Å². The largest absolute Gasteiger partial charge is 0.493 e. The van der Waals surface area contributed by atoms with Gasteiger partial charge in [-0.3, -0.25) is 14.9 Å². The lowest BCUT2D eigenvalue weighted by molar-refractivity contribution is -0.128. The third-order valence-electron chi connectivity index (χ3n) is 6.44. The fraction of sp³-hybridized carbons (Fsp3) is 0.300. The normalized spacial score (nSPS) is 12.6. The average Bonchev–Trinajstić information content (AvgIpc) is 3.46. The Morgan fingerprint density at radius 1 is 1.02 bits per heavy atom. The molecule has 1 atom stereocenters. The molecule has 42 heavy (non-hydrogen) atoms. The van der Waals surface area contributed by atoms with Crippen LogP contribution in [0.2, 0.25) is 0 Å². The third-order valence-corrected chi connectivity index (χ3v) is 6.44. The van der Waals surface area contributed by atoms with Gasteiger partial charge in [0.15, 0.2) is 0 Å². The predicted octanol–water partition coefficient (Wildman–Crippen LogP) is 3.47. The number of ether oxygens (including phenoxy) is 2. The maximum absolute atomic E-state index is 14.7. The third kappa shape index (κ3) is 8.80. The molecule has 0 bridgehead atoms. The minimum absolute atomic E-state index is 0.0319. The van der Waals surface area contributed by atoms with Gasteiger partial charge >= 0.3 is 0 Å². The molecular weight excluding hydrogens is 548 g/mol. The number of likely N-dealkylation sites (N-methyl/N-ethyl adjacent to an activating group) is 1. The number of halogens is 2. The van der Waals surface area contributed by atoms with Crippen LogP contribution in [0.15, 0.2) is 79.4 Å². The van der Waals surface area contributed by atoms with Crippen molar-refractivity contribution in [1.29, 1.82) is 0 Å². The Morgan fingerprint density at radius 3 is 2.48 bits per heavy atom. The lowest BCUT2D eigenvalue weighted by Crippen LogP contribution is -2.43. The van der Waals surface area contributed by atoms with E-state index in [9.17, 15) is 18.7 Å². The van der Waals surface area contributed by atoms with E-state index in [1.54, 1.807) is 36.8 Å². The molecule has 0 aliphatic rings. The summed E-state index contributed by atoms with van der Waals surface area (Å²) in [6.07, 6.45) is 3.47. The molecule has 0 spiro atoms. The van der Waals surface area contributed by atoms with Gasteiger partial charge in [0.25, 0.3) is 0 Å². The maximum Gasteiger partial charge on any atom is 0.247 e. The number of hydroxylamine groups is 1. The minimum atomic E-state index is -1.71. The van der Waals surface area contributed by atoms with Gasteiger partial charge in [-0.1, -0.05) is 30.3 Å². The molecule has 0 saturated heterocycles. The van der Waals surface area contributed by atoms with E-state index in [0.717, 1.165) is 23.3 Å². The maximum atomic E-state index is 14.7. The molecule has 1 heterocycles. The van der Waals surface area contributed by atoms with Gasteiger partial charge in [-0.05, 0) is 48.5 Å². The first-order valence-corrected chi connectivity index (χ1v) is 13.3. The van der Waals surface area contributed by atoms with E-state index < -0.39 is 23.1 Å². The molecular formula is C30H33F2N5O5. The van der Waals surface area contributed by atoms with Crippen LogP contribution in [0, 0.1) is 11.6 Å². The van der Waals surface area contributed by atoms with Crippen molar-refractivity contribution in [3.8, 4) is 11.5 Å². The number of aromatic nitrogens is 3. The van der Waals surface area contributed by atoms with Crippen molar-refractivity contribution in [2.45, 2.75) is 31.5 Å². The van der Waals surface area contributed by atoms with Crippen LogP contribution in [0.4, 0.5) is 8.78 Å². The predicted molar refractivity (Wildman–Crippen MR) is 149 cm³/mol. The number of nitrogens with zero attached hydrogens (tertiary/aromatic N) is 4. The highest BCUT2D eigenvalue weighted by molar-refractivity contribution is 5.77. The fourth-order valence-electron chi connectivity index (χ4n) is 4.58. The quantitative estimate of drug-likeness (QED) is 0.111. The van der Waals surface area contributed by atoms with Crippen LogP contribution in [0.1, 0.15) is 23.1 Å². The van der Waals surface area contributed by atoms with Gasteiger partial charge in [-0.25, -0.2) is 23.9 Å². The second-order valence-electron chi connectivity index (χ2n) is 9.97. The van der Waals surface area contributed by atoms with Crippen LogP contribution >= 0.6 is 0 Å². The topological polar surface area (TPSA) is 122 Å². The molecule has 4 rings (SSSR count). The van der Waals surface area contributed by atoms with E-state index in [1.165, 1.54) is 23.4 Å². The second kappa shape index (κ2) is 14.5. The number of hydrogen-bond donors (Lipinski definition) is 3. The number of carbonyl (C=O) groups is 1. The summed E-state index contributed by atoms with van der Waals surface area (Å²) >= 11 is 0. The Morgan fingerprint density at radius 2 is 1.79 bits per heavy atom. The van der Waals surface area contributed by atoms with Gasteiger partial charge in [-0.2, -0.15) is 5.10 Å². The summed E-state index contributed by atoms with van der Waals surface area (Å²) in [5, 5.41) is 24.2. The smallest absolute Gasteiger partial charge is 0.247 e. The van der Waals surface area contributed by atoms with Crippen LogP contribution in [0.25, 0.3) is 0 Å². The van der Waals surface area contributed by atoms with Crippen molar-refractivity contribution < 1.29 is 33.4 Å². The summed E-state index contributed by atoms with van der Waals surface area (Å²) in [6.45, 7) is 1.25. The van der Waals surface area contributed by atoms with E-state index in [0.29, 0.717) is 37.7 Å². The zero-order valence-corrected chi connectivity index (χ0v) is 23.1. The number of amides is 1. The molecule has 0 saturated carbocycles. The number of aliphatic hydroxyl groups is 1. The van der Waals surface area contributed by atoms with Crippen LogP contribution in [-0.2, 0) is 29.9 Å². The van der Waals surface area contributed by atoms with Gasteiger partial charge in [0.05, 0.1) is 26.2 Å². The Kier molecular flexibility index (Phi) is 10.5. The molecule has 3 N–H and O–H groups in total. The molecule has 0 aliphatic carbocycles. The number of benzene rings is 3. The molecule has 0 fully saturated rings. The highest BCUT2D eigenvalue weighted by atomic mass is 19.1. The lowest BCUT2D eigenvalue weighted by atomic mass is 9.92. The Balaban J connectivity index is 1.28. The molecule has 3 aromatic carbocycles. The molecule has 222 valence electrons. The average molecular weight is 582 g/mol. The van der Waals surface area contributed by atoms with E-state index in [-0.39, 0.29) is 25.1 Å². The van der Waals surface area contributed by atoms with Gasteiger partial charge in [0.1, 0.15) is 41.4 Å². The van der Waals surface area contributed by atoms with E-state index in [1.807, 2.05) is 29.2 Å². The first-order valence-electron chi connectivity index (χ1n) is 13.3. The first kappa shape index (κ1) is 30.6. The van der Waals surface area contributed by atoms with Crippen LogP contribution in [-0.4, -0.2) is 62.7 Å². The van der Waals surface area contributed by atoms with Crippen LogP contribution in [0.3, 0.4) is 0 Å². The zero-order chi connectivity index (χ0) is 30.0. The molecule has 4 aromatic rings. The van der Waals surface area contributed by atoms with E-state index in [4.69, 9.17) is 14.7 Å². The summed E-state index contributed by atoms with van der Waals surface area (Å²) in [6, 6.07) is 17.7. The van der Waals surface area contributed by atoms with Crippen LogP contribution in [0.5, 0.6) is 11.5 Å². The van der Waals surface area contributed by atoms with Crippen molar-refractivity contribution in [3.05, 3.63) is 108 Å².